The Morgan fingerprint density at radius 1 is 1.41 bits per heavy atom. The molecule has 0 bridgehead atoms. The Morgan fingerprint density at radius 2 is 2.12 bits per heavy atom. The smallest absolute Gasteiger partial charge is 0.323 e. The van der Waals surface area contributed by atoms with Crippen LogP contribution in [0, 0.1) is 6.92 Å². The molecule has 0 aliphatic heterocycles. The molecule has 0 heterocycles. The summed E-state index contributed by atoms with van der Waals surface area (Å²) in [6, 6.07) is 5.18. The number of hydrogen-bond donors (Lipinski definition) is 1. The Hall–Kier alpha value is -1.55. The molecule has 1 aromatic carbocycles. The highest BCUT2D eigenvalue weighted by atomic mass is 16.5. The summed E-state index contributed by atoms with van der Waals surface area (Å²) in [6.07, 6.45) is 0.455. The first-order valence-corrected chi connectivity index (χ1v) is 5.63. The predicted molar refractivity (Wildman–Crippen MR) is 66.0 cm³/mol. The average molecular weight is 237 g/mol. The Bertz CT molecular complexity index is 390. The van der Waals surface area contributed by atoms with Gasteiger partial charge in [0.15, 0.2) is 0 Å². The minimum atomic E-state index is -0.624. The summed E-state index contributed by atoms with van der Waals surface area (Å²) < 4.78 is 10.0. The lowest BCUT2D eigenvalue weighted by Crippen LogP contribution is -2.34. The van der Waals surface area contributed by atoms with Crippen LogP contribution >= 0.6 is 0 Å². The molecule has 1 aromatic rings. The first-order chi connectivity index (χ1) is 8.06. The van der Waals surface area contributed by atoms with Crippen molar-refractivity contribution in [1.82, 2.24) is 0 Å². The van der Waals surface area contributed by atoms with Crippen molar-refractivity contribution in [2.24, 2.45) is 5.73 Å². The van der Waals surface area contributed by atoms with Crippen molar-refractivity contribution >= 4 is 5.97 Å². The predicted octanol–water partition coefficient (Wildman–Crippen LogP) is 1.44. The molecule has 0 aliphatic carbocycles. The van der Waals surface area contributed by atoms with E-state index in [9.17, 15) is 4.79 Å². The Labute approximate surface area is 102 Å². The number of rotatable bonds is 5. The molecule has 0 spiro atoms. The number of ether oxygens (including phenoxy) is 2. The highest BCUT2D eigenvalue weighted by Gasteiger charge is 2.15. The molecule has 4 heteroatoms. The van der Waals surface area contributed by atoms with E-state index in [1.165, 1.54) is 0 Å². The van der Waals surface area contributed by atoms with Crippen LogP contribution in [0.1, 0.15) is 18.1 Å². The molecule has 1 unspecified atom stereocenters. The van der Waals surface area contributed by atoms with E-state index in [-0.39, 0.29) is 5.97 Å². The van der Waals surface area contributed by atoms with Crippen molar-refractivity contribution in [2.45, 2.75) is 26.3 Å². The van der Waals surface area contributed by atoms with Gasteiger partial charge in [-0.05, 0) is 43.5 Å². The van der Waals surface area contributed by atoms with Gasteiger partial charge in [-0.2, -0.15) is 0 Å². The van der Waals surface area contributed by atoms with Gasteiger partial charge in [-0.1, -0.05) is 6.07 Å². The molecule has 0 radical (unpaired) electrons. The summed E-state index contributed by atoms with van der Waals surface area (Å²) in [6.45, 7) is 4.09. The topological polar surface area (TPSA) is 61.5 Å². The second kappa shape index (κ2) is 6.25. The van der Waals surface area contributed by atoms with Gasteiger partial charge < -0.3 is 15.2 Å². The van der Waals surface area contributed by atoms with Gasteiger partial charge in [0.2, 0.25) is 0 Å². The summed E-state index contributed by atoms with van der Waals surface area (Å²) in [4.78, 5) is 11.4. The number of hydrogen-bond acceptors (Lipinski definition) is 4. The second-order valence-electron chi connectivity index (χ2n) is 3.92. The number of esters is 1. The fraction of sp³-hybridized carbons (Fsp3) is 0.462. The number of aryl methyl sites for hydroxylation is 1. The molecule has 0 aromatic heterocycles. The van der Waals surface area contributed by atoms with Crippen LogP contribution in [-0.4, -0.2) is 25.7 Å². The van der Waals surface area contributed by atoms with Crippen LogP contribution in [0.4, 0.5) is 0 Å². The van der Waals surface area contributed by atoms with Gasteiger partial charge in [0, 0.05) is 0 Å². The number of benzene rings is 1. The molecule has 0 amide bonds. The van der Waals surface area contributed by atoms with Crippen LogP contribution in [0.15, 0.2) is 18.2 Å². The summed E-state index contributed by atoms with van der Waals surface area (Å²) in [5.74, 6) is 0.407. The lowest BCUT2D eigenvalue weighted by Gasteiger charge is -2.12. The van der Waals surface area contributed by atoms with Crippen molar-refractivity contribution in [3.63, 3.8) is 0 Å². The van der Waals surface area contributed by atoms with E-state index in [1.807, 2.05) is 25.1 Å². The largest absolute Gasteiger partial charge is 0.497 e. The third kappa shape index (κ3) is 4.07. The molecular formula is C13H19NO3. The van der Waals surface area contributed by atoms with Gasteiger partial charge in [0.25, 0.3) is 0 Å². The standard InChI is InChI=1S/C13H19NO3/c1-4-17-13(15)12(14)8-10-5-9(2)6-11(7-10)16-3/h5-7,12H,4,8,14H2,1-3H3. The molecular weight excluding hydrogens is 218 g/mol. The lowest BCUT2D eigenvalue weighted by atomic mass is 10.0. The van der Waals surface area contributed by atoms with Crippen LogP contribution in [-0.2, 0) is 16.0 Å². The lowest BCUT2D eigenvalue weighted by molar-refractivity contribution is -0.144. The zero-order chi connectivity index (χ0) is 12.8. The third-order valence-corrected chi connectivity index (χ3v) is 2.39. The van der Waals surface area contributed by atoms with Crippen LogP contribution in [0.2, 0.25) is 0 Å². The van der Waals surface area contributed by atoms with Crippen molar-refractivity contribution in [3.05, 3.63) is 29.3 Å². The van der Waals surface area contributed by atoms with Crippen molar-refractivity contribution < 1.29 is 14.3 Å². The van der Waals surface area contributed by atoms with E-state index in [0.717, 1.165) is 16.9 Å². The number of carbonyl (C=O) groups excluding carboxylic acids is 1. The zero-order valence-corrected chi connectivity index (χ0v) is 10.5. The highest BCUT2D eigenvalue weighted by Crippen LogP contribution is 2.17. The maximum absolute atomic E-state index is 11.4. The van der Waals surface area contributed by atoms with Gasteiger partial charge in [-0.3, -0.25) is 4.79 Å². The van der Waals surface area contributed by atoms with E-state index in [1.54, 1.807) is 14.0 Å². The zero-order valence-electron chi connectivity index (χ0n) is 10.5. The maximum atomic E-state index is 11.4. The third-order valence-electron chi connectivity index (χ3n) is 2.39. The van der Waals surface area contributed by atoms with Crippen LogP contribution < -0.4 is 10.5 Å². The molecule has 17 heavy (non-hydrogen) atoms. The van der Waals surface area contributed by atoms with E-state index < -0.39 is 6.04 Å². The van der Waals surface area contributed by atoms with Gasteiger partial charge in [-0.15, -0.1) is 0 Å². The van der Waals surface area contributed by atoms with Crippen molar-refractivity contribution in [1.29, 1.82) is 0 Å². The minimum Gasteiger partial charge on any atom is -0.497 e. The minimum absolute atomic E-state index is 0.351. The molecule has 0 saturated carbocycles. The summed E-state index contributed by atoms with van der Waals surface area (Å²) in [5.41, 5.74) is 7.82. The van der Waals surface area contributed by atoms with Crippen molar-refractivity contribution in [3.8, 4) is 5.75 Å². The summed E-state index contributed by atoms with van der Waals surface area (Å²) in [5, 5.41) is 0. The summed E-state index contributed by atoms with van der Waals surface area (Å²) >= 11 is 0. The molecule has 4 nitrogen and oxygen atoms in total. The number of methoxy groups -OCH3 is 1. The van der Waals surface area contributed by atoms with Gasteiger partial charge in [-0.25, -0.2) is 0 Å². The average Bonchev–Trinajstić information content (AvgIpc) is 2.28. The molecule has 2 N–H and O–H groups in total. The normalized spacial score (nSPS) is 12.0. The van der Waals surface area contributed by atoms with E-state index >= 15 is 0 Å². The number of nitrogens with two attached hydrogens (primary N) is 1. The highest BCUT2D eigenvalue weighted by molar-refractivity contribution is 5.75. The van der Waals surface area contributed by atoms with Crippen LogP contribution in [0.25, 0.3) is 0 Å². The molecule has 1 atom stereocenters. The Morgan fingerprint density at radius 3 is 2.71 bits per heavy atom. The molecule has 0 fully saturated rings. The van der Waals surface area contributed by atoms with E-state index in [0.29, 0.717) is 13.0 Å². The molecule has 94 valence electrons. The van der Waals surface area contributed by atoms with Gasteiger partial charge in [0.1, 0.15) is 11.8 Å². The van der Waals surface area contributed by atoms with E-state index in [4.69, 9.17) is 15.2 Å². The van der Waals surface area contributed by atoms with Crippen LogP contribution in [0.5, 0.6) is 5.75 Å². The Kier molecular flexibility index (Phi) is 4.97. The van der Waals surface area contributed by atoms with Crippen LogP contribution in [0.3, 0.4) is 0 Å². The Balaban J connectivity index is 2.73. The van der Waals surface area contributed by atoms with Gasteiger partial charge in [0.05, 0.1) is 13.7 Å². The first-order valence-electron chi connectivity index (χ1n) is 5.63. The number of carbonyl (C=O) groups is 1. The maximum Gasteiger partial charge on any atom is 0.323 e. The molecule has 0 saturated heterocycles. The van der Waals surface area contributed by atoms with Gasteiger partial charge >= 0.3 is 5.97 Å². The first kappa shape index (κ1) is 13.5. The van der Waals surface area contributed by atoms with Crippen molar-refractivity contribution in [2.75, 3.05) is 13.7 Å². The second-order valence-corrected chi connectivity index (χ2v) is 3.92. The monoisotopic (exact) mass is 237 g/mol. The van der Waals surface area contributed by atoms with E-state index in [2.05, 4.69) is 0 Å². The fourth-order valence-electron chi connectivity index (χ4n) is 1.65. The quantitative estimate of drug-likeness (QED) is 0.787. The molecule has 1 rings (SSSR count). The summed E-state index contributed by atoms with van der Waals surface area (Å²) in [7, 11) is 1.61. The SMILES string of the molecule is CCOC(=O)C(N)Cc1cc(C)cc(OC)c1. The fourth-order valence-corrected chi connectivity index (χ4v) is 1.65. The molecule has 0 aliphatic rings.